The molecule has 0 aliphatic rings. The van der Waals surface area contributed by atoms with Crippen molar-refractivity contribution in [1.29, 1.82) is 0 Å². The van der Waals surface area contributed by atoms with E-state index >= 15 is 0 Å². The van der Waals surface area contributed by atoms with Gasteiger partial charge in [-0.1, -0.05) is 72.8 Å². The molecule has 58 heavy (non-hydrogen) atoms. The summed E-state index contributed by atoms with van der Waals surface area (Å²) in [6.07, 6.45) is 0. The van der Waals surface area contributed by atoms with Crippen LogP contribution in [0.2, 0.25) is 0 Å². The first-order valence-corrected chi connectivity index (χ1v) is 17.1. The van der Waals surface area contributed by atoms with Crippen LogP contribution in [0.5, 0.6) is 34.5 Å². The third-order valence-corrected chi connectivity index (χ3v) is 7.92. The molecule has 0 aliphatic carbocycles. The quantitative estimate of drug-likeness (QED) is 0.0952. The van der Waals surface area contributed by atoms with Crippen LogP contribution in [-0.2, 0) is 4.79 Å². The summed E-state index contributed by atoms with van der Waals surface area (Å²) in [7, 11) is 0. The maximum atomic E-state index is 13.6. The summed E-state index contributed by atoms with van der Waals surface area (Å²) in [5.74, 6) is -8.18. The van der Waals surface area contributed by atoms with E-state index in [0.29, 0.717) is 0 Å². The number of carboxylic acids is 1. The minimum absolute atomic E-state index is 0.0479. The Morgan fingerprint density at radius 2 is 0.500 bits per heavy atom. The van der Waals surface area contributed by atoms with E-state index in [-0.39, 0.29) is 67.9 Å². The topological polar surface area (TPSA) is 195 Å². The Kier molecular flexibility index (Phi) is 12.1. The number of benzene rings is 6. The summed E-state index contributed by atoms with van der Waals surface area (Å²) in [6, 6.07) is 33.9. The maximum absolute atomic E-state index is 13.6. The molecule has 0 saturated carbocycles. The SMILES string of the molecule is CC(=O)Oc1ccccc1C(=O)Oc1ccccc1C(=O)Oc1ccccc1C(=O)Oc1ccccc1C(=O)Oc1ccccc1C(=O)Oc1ccccc1C(=O)O. The molecular formula is C44H28O14. The van der Waals surface area contributed by atoms with Crippen molar-refractivity contribution in [3.63, 3.8) is 0 Å². The van der Waals surface area contributed by atoms with Crippen LogP contribution < -0.4 is 28.4 Å². The first kappa shape index (κ1) is 39.3. The number of carbonyl (C=O) groups is 7. The van der Waals surface area contributed by atoms with Crippen LogP contribution >= 0.6 is 0 Å². The van der Waals surface area contributed by atoms with Crippen molar-refractivity contribution in [2.75, 3.05) is 0 Å². The van der Waals surface area contributed by atoms with Crippen LogP contribution in [0.25, 0.3) is 0 Å². The molecule has 1 N–H and O–H groups in total. The standard InChI is InChI=1S/C44H28O14/c1-26(45)53-34-21-9-3-15-28(34)40(48)55-36-23-11-5-17-30(36)42(50)57-38-25-13-7-19-32(38)44(52)58-37-24-12-6-18-31(37)43(51)56-35-22-10-4-16-29(35)41(49)54-33-20-8-2-14-27(33)39(46)47/h2-25H,1H3,(H,46,47). The molecule has 0 spiro atoms. The Hall–Kier alpha value is -8.39. The molecule has 0 heterocycles. The summed E-state index contributed by atoms with van der Waals surface area (Å²) < 4.78 is 32.6. The number of ether oxygens (including phenoxy) is 6. The summed E-state index contributed by atoms with van der Waals surface area (Å²) >= 11 is 0. The Bertz CT molecular complexity index is 2590. The maximum Gasteiger partial charge on any atom is 0.347 e. The van der Waals surface area contributed by atoms with Crippen molar-refractivity contribution in [3.8, 4) is 34.5 Å². The lowest BCUT2D eigenvalue weighted by Gasteiger charge is -2.14. The summed E-state index contributed by atoms with van der Waals surface area (Å²) in [5.41, 5.74) is -1.18. The third-order valence-electron chi connectivity index (χ3n) is 7.92. The average Bonchev–Trinajstić information content (AvgIpc) is 3.21. The van der Waals surface area contributed by atoms with Gasteiger partial charge in [0.25, 0.3) is 0 Å². The number of carboxylic acid groups (broad SMARTS) is 1. The smallest absolute Gasteiger partial charge is 0.347 e. The van der Waals surface area contributed by atoms with Crippen LogP contribution in [-0.4, -0.2) is 46.9 Å². The van der Waals surface area contributed by atoms with Crippen LogP contribution in [0, 0.1) is 0 Å². The van der Waals surface area contributed by atoms with Gasteiger partial charge in [-0.2, -0.15) is 0 Å². The molecule has 14 nitrogen and oxygen atoms in total. The Morgan fingerprint density at radius 3 is 0.724 bits per heavy atom. The minimum Gasteiger partial charge on any atom is -0.478 e. The normalized spacial score (nSPS) is 10.4. The highest BCUT2D eigenvalue weighted by Gasteiger charge is 2.26. The molecule has 0 aromatic heterocycles. The third kappa shape index (κ3) is 9.27. The molecule has 0 bridgehead atoms. The zero-order valence-electron chi connectivity index (χ0n) is 30.1. The highest BCUT2D eigenvalue weighted by molar-refractivity contribution is 6.02. The van der Waals surface area contributed by atoms with Gasteiger partial charge in [0.15, 0.2) is 0 Å². The summed E-state index contributed by atoms with van der Waals surface area (Å²) in [6.45, 7) is 1.17. The lowest BCUT2D eigenvalue weighted by Crippen LogP contribution is -2.18. The van der Waals surface area contributed by atoms with Crippen molar-refractivity contribution >= 4 is 41.8 Å². The fourth-order valence-electron chi connectivity index (χ4n) is 5.28. The first-order valence-electron chi connectivity index (χ1n) is 17.1. The van der Waals surface area contributed by atoms with Gasteiger partial charge in [-0.3, -0.25) is 4.79 Å². The lowest BCUT2D eigenvalue weighted by atomic mass is 10.1. The zero-order chi connectivity index (χ0) is 41.2. The van der Waals surface area contributed by atoms with E-state index < -0.39 is 41.8 Å². The molecule has 0 fully saturated rings. The largest absolute Gasteiger partial charge is 0.478 e. The number of hydrogen-bond donors (Lipinski definition) is 1. The van der Waals surface area contributed by atoms with E-state index in [4.69, 9.17) is 28.4 Å². The van der Waals surface area contributed by atoms with E-state index in [9.17, 15) is 38.7 Å². The fourth-order valence-corrected chi connectivity index (χ4v) is 5.28. The van der Waals surface area contributed by atoms with Gasteiger partial charge in [-0.05, 0) is 72.8 Å². The molecule has 0 radical (unpaired) electrons. The predicted octanol–water partition coefficient (Wildman–Crippen LogP) is 7.41. The molecule has 0 atom stereocenters. The molecular weight excluding hydrogens is 752 g/mol. The minimum atomic E-state index is -1.32. The molecule has 0 unspecified atom stereocenters. The first-order chi connectivity index (χ1) is 28.0. The van der Waals surface area contributed by atoms with Gasteiger partial charge in [0.1, 0.15) is 67.9 Å². The summed E-state index contributed by atoms with van der Waals surface area (Å²) in [4.78, 5) is 89.9. The van der Waals surface area contributed by atoms with Gasteiger partial charge >= 0.3 is 41.8 Å². The molecule has 0 amide bonds. The molecule has 14 heteroatoms. The number of aromatic carboxylic acids is 1. The van der Waals surface area contributed by atoms with Crippen molar-refractivity contribution in [2.24, 2.45) is 0 Å². The number of esters is 6. The highest BCUT2D eigenvalue weighted by atomic mass is 16.6. The zero-order valence-corrected chi connectivity index (χ0v) is 30.1. The van der Waals surface area contributed by atoms with E-state index in [2.05, 4.69) is 0 Å². The Morgan fingerprint density at radius 1 is 0.310 bits per heavy atom. The second-order valence-electron chi connectivity index (χ2n) is 11.8. The van der Waals surface area contributed by atoms with E-state index in [1.54, 1.807) is 6.07 Å². The van der Waals surface area contributed by atoms with E-state index in [1.165, 1.54) is 146 Å². The molecule has 0 saturated heterocycles. The van der Waals surface area contributed by atoms with Crippen molar-refractivity contribution < 1.29 is 67.1 Å². The van der Waals surface area contributed by atoms with Gasteiger partial charge in [0.05, 0.1) is 0 Å². The van der Waals surface area contributed by atoms with Crippen LogP contribution in [0.3, 0.4) is 0 Å². The van der Waals surface area contributed by atoms with Gasteiger partial charge in [-0.15, -0.1) is 0 Å². The molecule has 6 aromatic carbocycles. The van der Waals surface area contributed by atoms with Crippen molar-refractivity contribution in [3.05, 3.63) is 179 Å². The van der Waals surface area contributed by atoms with Gasteiger partial charge in [-0.25, -0.2) is 28.8 Å². The molecule has 6 rings (SSSR count). The fraction of sp³-hybridized carbons (Fsp3) is 0.0227. The Balaban J connectivity index is 1.18. The second kappa shape index (κ2) is 17.8. The van der Waals surface area contributed by atoms with E-state index in [0.717, 1.165) is 0 Å². The predicted molar refractivity (Wildman–Crippen MR) is 202 cm³/mol. The number of para-hydroxylation sites is 6. The van der Waals surface area contributed by atoms with Crippen molar-refractivity contribution in [2.45, 2.75) is 6.92 Å². The average molecular weight is 781 g/mol. The molecule has 288 valence electrons. The molecule has 0 aliphatic heterocycles. The number of hydrogen-bond acceptors (Lipinski definition) is 13. The lowest BCUT2D eigenvalue weighted by molar-refractivity contribution is -0.131. The van der Waals surface area contributed by atoms with Gasteiger partial charge < -0.3 is 33.5 Å². The van der Waals surface area contributed by atoms with Crippen LogP contribution in [0.1, 0.15) is 69.1 Å². The van der Waals surface area contributed by atoms with Crippen molar-refractivity contribution in [1.82, 2.24) is 0 Å². The van der Waals surface area contributed by atoms with Gasteiger partial charge in [0.2, 0.25) is 0 Å². The highest BCUT2D eigenvalue weighted by Crippen LogP contribution is 2.29. The van der Waals surface area contributed by atoms with E-state index in [1.807, 2.05) is 0 Å². The van der Waals surface area contributed by atoms with Crippen LogP contribution in [0.15, 0.2) is 146 Å². The van der Waals surface area contributed by atoms with Crippen LogP contribution in [0.4, 0.5) is 0 Å². The Labute approximate surface area is 328 Å². The number of carbonyl (C=O) groups excluding carboxylic acids is 6. The van der Waals surface area contributed by atoms with Gasteiger partial charge in [0, 0.05) is 6.92 Å². The molecule has 6 aromatic rings. The monoisotopic (exact) mass is 780 g/mol. The second-order valence-corrected chi connectivity index (χ2v) is 11.8. The number of rotatable bonds is 12. The summed E-state index contributed by atoms with van der Waals surface area (Å²) in [5, 5.41) is 9.46.